The molecule has 102 valence electrons. The molecule has 0 aromatic heterocycles. The highest BCUT2D eigenvalue weighted by Gasteiger charge is 2.24. The molecule has 1 heterocycles. The van der Waals surface area contributed by atoms with E-state index in [0.717, 1.165) is 32.5 Å². The van der Waals surface area contributed by atoms with Crippen molar-refractivity contribution >= 4 is 5.91 Å². The number of benzene rings is 1. The van der Waals surface area contributed by atoms with Gasteiger partial charge < -0.3 is 5.32 Å². The summed E-state index contributed by atoms with van der Waals surface area (Å²) in [7, 11) is 0. The highest BCUT2D eigenvalue weighted by atomic mass is 16.1. The van der Waals surface area contributed by atoms with Gasteiger partial charge in [-0.1, -0.05) is 36.4 Å². The molecule has 0 atom stereocenters. The van der Waals surface area contributed by atoms with E-state index in [1.54, 1.807) is 6.08 Å². The zero-order valence-corrected chi connectivity index (χ0v) is 11.3. The quantitative estimate of drug-likeness (QED) is 0.821. The smallest absolute Gasteiger partial charge is 0.223 e. The molecule has 0 radical (unpaired) electrons. The minimum atomic E-state index is 0.173. The molecule has 1 aliphatic rings. The second-order valence-corrected chi connectivity index (χ2v) is 5.07. The van der Waals surface area contributed by atoms with Gasteiger partial charge in [0, 0.05) is 19.0 Å². The Balaban J connectivity index is 1.76. The van der Waals surface area contributed by atoms with Crippen LogP contribution in [0.25, 0.3) is 0 Å². The first-order valence-electron chi connectivity index (χ1n) is 6.94. The number of piperidine rings is 1. The van der Waals surface area contributed by atoms with Gasteiger partial charge in [-0.05, 0) is 31.5 Å². The Hall–Kier alpha value is -1.61. The maximum absolute atomic E-state index is 11.8. The van der Waals surface area contributed by atoms with Gasteiger partial charge in [-0.15, -0.1) is 6.58 Å². The molecule has 1 aliphatic heterocycles. The fourth-order valence-corrected chi connectivity index (χ4v) is 2.51. The average molecular weight is 258 g/mol. The Bertz CT molecular complexity index is 408. The average Bonchev–Trinajstić information content (AvgIpc) is 2.46. The van der Waals surface area contributed by atoms with Crippen LogP contribution in [0.4, 0.5) is 0 Å². The molecule has 0 bridgehead atoms. The Morgan fingerprint density at radius 2 is 2.00 bits per heavy atom. The Morgan fingerprint density at radius 3 is 2.63 bits per heavy atom. The SMILES string of the molecule is C=CCNC(=O)C1CCN(Cc2ccccc2)CC1. The van der Waals surface area contributed by atoms with Crippen LogP contribution in [-0.4, -0.2) is 30.4 Å². The second kappa shape index (κ2) is 7.10. The third kappa shape index (κ3) is 4.21. The normalized spacial score (nSPS) is 17.1. The van der Waals surface area contributed by atoms with Crippen molar-refractivity contribution in [1.82, 2.24) is 10.2 Å². The van der Waals surface area contributed by atoms with Gasteiger partial charge in [0.2, 0.25) is 5.91 Å². The van der Waals surface area contributed by atoms with Crippen LogP contribution in [0.15, 0.2) is 43.0 Å². The maximum atomic E-state index is 11.8. The highest BCUT2D eigenvalue weighted by molar-refractivity contribution is 5.78. The molecular weight excluding hydrogens is 236 g/mol. The van der Waals surface area contributed by atoms with Crippen molar-refractivity contribution in [2.45, 2.75) is 19.4 Å². The van der Waals surface area contributed by atoms with Gasteiger partial charge >= 0.3 is 0 Å². The molecule has 0 unspecified atom stereocenters. The lowest BCUT2D eigenvalue weighted by Gasteiger charge is -2.31. The minimum Gasteiger partial charge on any atom is -0.352 e. The lowest BCUT2D eigenvalue weighted by molar-refractivity contribution is -0.126. The minimum absolute atomic E-state index is 0.173. The van der Waals surface area contributed by atoms with Gasteiger partial charge in [-0.2, -0.15) is 0 Å². The van der Waals surface area contributed by atoms with Crippen molar-refractivity contribution in [3.63, 3.8) is 0 Å². The highest BCUT2D eigenvalue weighted by Crippen LogP contribution is 2.19. The summed E-state index contributed by atoms with van der Waals surface area (Å²) < 4.78 is 0. The summed E-state index contributed by atoms with van der Waals surface area (Å²) in [5.74, 6) is 0.353. The Labute approximate surface area is 115 Å². The maximum Gasteiger partial charge on any atom is 0.223 e. The van der Waals surface area contributed by atoms with Gasteiger partial charge in [0.15, 0.2) is 0 Å². The van der Waals surface area contributed by atoms with Gasteiger partial charge in [0.1, 0.15) is 0 Å². The molecule has 19 heavy (non-hydrogen) atoms. The van der Waals surface area contributed by atoms with Crippen molar-refractivity contribution in [2.24, 2.45) is 5.92 Å². The number of nitrogens with one attached hydrogen (secondary N) is 1. The standard InChI is InChI=1S/C16H22N2O/c1-2-10-17-16(19)15-8-11-18(12-9-15)13-14-6-4-3-5-7-14/h2-7,15H,1,8-13H2,(H,17,19). The molecule has 0 saturated carbocycles. The lowest BCUT2D eigenvalue weighted by atomic mass is 9.95. The van der Waals surface area contributed by atoms with Crippen LogP contribution in [0.5, 0.6) is 0 Å². The molecule has 1 aromatic rings. The molecule has 1 fully saturated rings. The van der Waals surface area contributed by atoms with E-state index >= 15 is 0 Å². The first kappa shape index (κ1) is 13.8. The van der Waals surface area contributed by atoms with Crippen LogP contribution in [0, 0.1) is 5.92 Å². The second-order valence-electron chi connectivity index (χ2n) is 5.07. The van der Waals surface area contributed by atoms with Crippen LogP contribution < -0.4 is 5.32 Å². The number of carbonyl (C=O) groups excluding carboxylic acids is 1. The number of hydrogen-bond donors (Lipinski definition) is 1. The third-order valence-corrected chi connectivity index (χ3v) is 3.63. The summed E-state index contributed by atoms with van der Waals surface area (Å²) in [5, 5.41) is 2.89. The van der Waals surface area contributed by atoms with Crippen molar-refractivity contribution < 1.29 is 4.79 Å². The summed E-state index contributed by atoms with van der Waals surface area (Å²) >= 11 is 0. The van der Waals surface area contributed by atoms with E-state index in [1.165, 1.54) is 5.56 Å². The van der Waals surface area contributed by atoms with Gasteiger partial charge in [0.05, 0.1) is 0 Å². The molecule has 2 rings (SSSR count). The summed E-state index contributed by atoms with van der Waals surface area (Å²) in [4.78, 5) is 14.3. The van der Waals surface area contributed by atoms with Crippen molar-refractivity contribution in [2.75, 3.05) is 19.6 Å². The lowest BCUT2D eigenvalue weighted by Crippen LogP contribution is -2.40. The summed E-state index contributed by atoms with van der Waals surface area (Å²) in [6, 6.07) is 10.5. The predicted molar refractivity (Wildman–Crippen MR) is 77.6 cm³/mol. The van der Waals surface area contributed by atoms with E-state index in [0.29, 0.717) is 6.54 Å². The van der Waals surface area contributed by atoms with Crippen LogP contribution in [0.2, 0.25) is 0 Å². The number of carbonyl (C=O) groups is 1. The van der Waals surface area contributed by atoms with Gasteiger partial charge in [0.25, 0.3) is 0 Å². The molecule has 1 amide bonds. The van der Waals surface area contributed by atoms with E-state index in [-0.39, 0.29) is 11.8 Å². The number of nitrogens with zero attached hydrogens (tertiary/aromatic N) is 1. The zero-order valence-electron chi connectivity index (χ0n) is 11.3. The van der Waals surface area contributed by atoms with Crippen LogP contribution in [-0.2, 0) is 11.3 Å². The van der Waals surface area contributed by atoms with Crippen LogP contribution >= 0.6 is 0 Å². The molecular formula is C16H22N2O. The van der Waals surface area contributed by atoms with Crippen molar-refractivity contribution in [3.8, 4) is 0 Å². The number of amides is 1. The topological polar surface area (TPSA) is 32.3 Å². The summed E-state index contributed by atoms with van der Waals surface area (Å²) in [6.45, 7) is 7.18. The number of hydrogen-bond acceptors (Lipinski definition) is 2. The van der Waals surface area contributed by atoms with E-state index in [1.807, 2.05) is 6.07 Å². The van der Waals surface area contributed by atoms with Gasteiger partial charge in [-0.25, -0.2) is 0 Å². The fourth-order valence-electron chi connectivity index (χ4n) is 2.51. The molecule has 1 aromatic carbocycles. The van der Waals surface area contributed by atoms with Gasteiger partial charge in [-0.3, -0.25) is 9.69 Å². The summed E-state index contributed by atoms with van der Waals surface area (Å²) in [5.41, 5.74) is 1.34. The molecule has 3 nitrogen and oxygen atoms in total. The molecule has 1 saturated heterocycles. The molecule has 1 N–H and O–H groups in total. The Morgan fingerprint density at radius 1 is 1.32 bits per heavy atom. The first-order valence-corrected chi connectivity index (χ1v) is 6.94. The predicted octanol–water partition coefficient (Wildman–Crippen LogP) is 2.20. The van der Waals surface area contributed by atoms with E-state index in [2.05, 4.69) is 41.1 Å². The zero-order chi connectivity index (χ0) is 13.5. The van der Waals surface area contributed by atoms with E-state index < -0.39 is 0 Å². The number of likely N-dealkylation sites (tertiary alicyclic amines) is 1. The van der Waals surface area contributed by atoms with Crippen LogP contribution in [0.1, 0.15) is 18.4 Å². The van der Waals surface area contributed by atoms with E-state index in [9.17, 15) is 4.79 Å². The third-order valence-electron chi connectivity index (χ3n) is 3.63. The number of rotatable bonds is 5. The van der Waals surface area contributed by atoms with Crippen molar-refractivity contribution in [3.05, 3.63) is 48.6 Å². The summed E-state index contributed by atoms with van der Waals surface area (Å²) in [6.07, 6.45) is 3.63. The van der Waals surface area contributed by atoms with Crippen molar-refractivity contribution in [1.29, 1.82) is 0 Å². The monoisotopic (exact) mass is 258 g/mol. The van der Waals surface area contributed by atoms with Crippen LogP contribution in [0.3, 0.4) is 0 Å². The molecule has 0 spiro atoms. The largest absolute Gasteiger partial charge is 0.352 e. The fraction of sp³-hybridized carbons (Fsp3) is 0.438. The molecule has 3 heteroatoms. The Kier molecular flexibility index (Phi) is 5.16. The van der Waals surface area contributed by atoms with E-state index in [4.69, 9.17) is 0 Å². The molecule has 0 aliphatic carbocycles. The first-order chi connectivity index (χ1) is 9.29.